The standard InChI is InChI=1S/C33H44N4O7/c1-6-19-18(5)32(43)37-26(19)12-24-17(4)21(8-10-30(39)40)27(34-24)14-28-22(9-11-31(41)42)23(15-38)29(35-28)13-25-16(3)20(7-2)33(44)36-25/h12,18-19,25,34-35,38H,6-11,13-15H2,1-5H3,(H,36,44)(H,37,43)(H,39,40)(H,41,42)/b26-12-/t18-,19-,25-/m1/s1. The molecule has 0 radical (unpaired) electrons. The molecule has 2 aliphatic heterocycles. The predicted octanol–water partition coefficient (Wildman–Crippen LogP) is 3.67. The number of aliphatic carboxylic acids is 2. The molecule has 11 heteroatoms. The molecule has 1 fully saturated rings. The summed E-state index contributed by atoms with van der Waals surface area (Å²) in [4.78, 5) is 54.9. The lowest BCUT2D eigenvalue weighted by Crippen LogP contribution is -2.30. The average Bonchev–Trinajstić information content (AvgIpc) is 3.63. The number of aromatic amines is 2. The summed E-state index contributed by atoms with van der Waals surface area (Å²) in [5, 5.41) is 35.4. The van der Waals surface area contributed by atoms with Gasteiger partial charge in [0.05, 0.1) is 12.6 Å². The summed E-state index contributed by atoms with van der Waals surface area (Å²) in [5.41, 5.74) is 8.65. The molecule has 0 saturated carbocycles. The molecule has 11 nitrogen and oxygen atoms in total. The number of allylic oxidation sites excluding steroid dienone is 1. The van der Waals surface area contributed by atoms with E-state index in [1.165, 1.54) is 0 Å². The minimum absolute atomic E-state index is 0.0215. The highest BCUT2D eigenvalue weighted by Crippen LogP contribution is 2.33. The molecule has 2 aliphatic rings. The fraction of sp³-hybridized carbons (Fsp3) is 0.515. The molecule has 0 bridgehead atoms. The molecular formula is C33H44N4O7. The number of carbonyl (C=O) groups is 4. The second-order valence-electron chi connectivity index (χ2n) is 11.9. The van der Waals surface area contributed by atoms with Crippen LogP contribution in [0, 0.1) is 18.8 Å². The SMILES string of the molecule is CCC1=C(C)[C@@H](Cc2[nH]c(Cc3[nH]c(/C=C4\NC(=O)[C@H](C)[C@H]4CC)c(C)c3CCC(=O)O)c(CCC(=O)O)c2CO)NC1=O. The van der Waals surface area contributed by atoms with Crippen molar-refractivity contribution >= 4 is 29.8 Å². The molecule has 7 N–H and O–H groups in total. The van der Waals surface area contributed by atoms with Crippen LogP contribution < -0.4 is 10.6 Å². The molecule has 0 unspecified atom stereocenters. The maximum absolute atomic E-state index is 12.5. The van der Waals surface area contributed by atoms with E-state index in [9.17, 15) is 34.5 Å². The maximum Gasteiger partial charge on any atom is 0.303 e. The van der Waals surface area contributed by atoms with Crippen LogP contribution in [-0.4, -0.2) is 55.1 Å². The van der Waals surface area contributed by atoms with E-state index in [1.807, 2.05) is 40.7 Å². The first-order valence-corrected chi connectivity index (χ1v) is 15.4. The Bertz CT molecular complexity index is 1530. The number of aliphatic hydroxyl groups excluding tert-OH is 1. The van der Waals surface area contributed by atoms with Crippen LogP contribution in [0.3, 0.4) is 0 Å². The zero-order valence-electron chi connectivity index (χ0n) is 26.1. The number of carboxylic acids is 2. The van der Waals surface area contributed by atoms with E-state index in [0.717, 1.165) is 57.2 Å². The van der Waals surface area contributed by atoms with Crippen molar-refractivity contribution in [2.75, 3.05) is 0 Å². The highest BCUT2D eigenvalue weighted by Gasteiger charge is 2.34. The summed E-state index contributed by atoms with van der Waals surface area (Å²) in [7, 11) is 0. The van der Waals surface area contributed by atoms with Gasteiger partial charge in [-0.05, 0) is 67.9 Å². The van der Waals surface area contributed by atoms with Crippen LogP contribution >= 0.6 is 0 Å². The lowest BCUT2D eigenvalue weighted by atomic mass is 9.92. The van der Waals surface area contributed by atoms with Gasteiger partial charge in [-0.25, -0.2) is 0 Å². The number of carbonyl (C=O) groups excluding carboxylic acids is 2. The average molecular weight is 609 g/mol. The molecule has 44 heavy (non-hydrogen) atoms. The number of hydrogen-bond acceptors (Lipinski definition) is 5. The van der Waals surface area contributed by atoms with Crippen molar-refractivity contribution in [2.45, 2.75) is 98.6 Å². The molecule has 2 amide bonds. The zero-order valence-corrected chi connectivity index (χ0v) is 26.1. The Morgan fingerprint density at radius 3 is 2.11 bits per heavy atom. The van der Waals surface area contributed by atoms with E-state index in [4.69, 9.17) is 0 Å². The smallest absolute Gasteiger partial charge is 0.303 e. The van der Waals surface area contributed by atoms with Crippen LogP contribution in [0.5, 0.6) is 0 Å². The Balaban J connectivity index is 1.77. The third kappa shape index (κ3) is 6.67. The van der Waals surface area contributed by atoms with E-state index in [2.05, 4.69) is 20.6 Å². The van der Waals surface area contributed by atoms with Crippen molar-refractivity contribution in [3.8, 4) is 0 Å². The number of H-pyrrole nitrogens is 2. The monoisotopic (exact) mass is 608 g/mol. The van der Waals surface area contributed by atoms with Crippen LogP contribution in [0.15, 0.2) is 16.8 Å². The van der Waals surface area contributed by atoms with Gasteiger partial charge in [0.2, 0.25) is 11.8 Å². The maximum atomic E-state index is 12.5. The summed E-state index contributed by atoms with van der Waals surface area (Å²) in [6, 6.07) is -0.241. The molecule has 4 rings (SSSR count). The normalized spacial score (nSPS) is 21.0. The first kappa shape index (κ1) is 32.8. The van der Waals surface area contributed by atoms with Gasteiger partial charge in [-0.1, -0.05) is 20.8 Å². The number of carboxylic acid groups (broad SMARTS) is 2. The number of rotatable bonds is 14. The number of hydrogen-bond donors (Lipinski definition) is 7. The fourth-order valence-corrected chi connectivity index (χ4v) is 6.77. The first-order chi connectivity index (χ1) is 20.9. The molecule has 3 atom stereocenters. The first-order valence-electron chi connectivity index (χ1n) is 15.4. The Morgan fingerprint density at radius 2 is 1.55 bits per heavy atom. The molecule has 0 spiro atoms. The lowest BCUT2D eigenvalue weighted by molar-refractivity contribution is -0.138. The van der Waals surface area contributed by atoms with Gasteiger partial charge in [-0.2, -0.15) is 0 Å². The molecule has 238 valence electrons. The van der Waals surface area contributed by atoms with Gasteiger partial charge in [-0.3, -0.25) is 19.2 Å². The van der Waals surface area contributed by atoms with E-state index in [1.54, 1.807) is 0 Å². The van der Waals surface area contributed by atoms with Gasteiger partial charge in [0.25, 0.3) is 0 Å². The van der Waals surface area contributed by atoms with Crippen LogP contribution in [0.4, 0.5) is 0 Å². The van der Waals surface area contributed by atoms with Gasteiger partial charge >= 0.3 is 11.9 Å². The summed E-state index contributed by atoms with van der Waals surface area (Å²) in [6.07, 6.45) is 4.39. The van der Waals surface area contributed by atoms with Crippen LogP contribution in [0.1, 0.15) is 98.4 Å². The fourth-order valence-electron chi connectivity index (χ4n) is 6.77. The molecule has 0 aliphatic carbocycles. The van der Waals surface area contributed by atoms with Crippen LogP contribution in [-0.2, 0) is 51.5 Å². The highest BCUT2D eigenvalue weighted by atomic mass is 16.4. The Labute approximate surface area is 257 Å². The molecular weight excluding hydrogens is 564 g/mol. The third-order valence-corrected chi connectivity index (χ3v) is 9.35. The van der Waals surface area contributed by atoms with E-state index >= 15 is 0 Å². The Kier molecular flexibility index (Phi) is 10.2. The van der Waals surface area contributed by atoms with Gasteiger partial charge in [-0.15, -0.1) is 0 Å². The molecule has 0 aromatic carbocycles. The van der Waals surface area contributed by atoms with Gasteiger partial charge in [0, 0.05) is 77.1 Å². The number of aliphatic hydroxyl groups is 1. The van der Waals surface area contributed by atoms with Crippen molar-refractivity contribution in [3.63, 3.8) is 0 Å². The predicted molar refractivity (Wildman–Crippen MR) is 165 cm³/mol. The van der Waals surface area contributed by atoms with Crippen molar-refractivity contribution < 1.29 is 34.5 Å². The quantitative estimate of drug-likeness (QED) is 0.171. The minimum Gasteiger partial charge on any atom is -0.481 e. The van der Waals surface area contributed by atoms with Gasteiger partial charge < -0.3 is 35.9 Å². The number of nitrogens with one attached hydrogen (secondary N) is 4. The summed E-state index contributed by atoms with van der Waals surface area (Å²) < 4.78 is 0. The molecule has 2 aromatic rings. The second-order valence-corrected chi connectivity index (χ2v) is 11.9. The molecule has 2 aromatic heterocycles. The second kappa shape index (κ2) is 13.7. The highest BCUT2D eigenvalue weighted by molar-refractivity contribution is 5.97. The van der Waals surface area contributed by atoms with Crippen molar-refractivity contribution in [3.05, 3.63) is 61.9 Å². The van der Waals surface area contributed by atoms with Gasteiger partial charge in [0.15, 0.2) is 0 Å². The minimum atomic E-state index is -0.956. The Morgan fingerprint density at radius 1 is 0.909 bits per heavy atom. The van der Waals surface area contributed by atoms with Crippen molar-refractivity contribution in [2.24, 2.45) is 11.8 Å². The van der Waals surface area contributed by atoms with Gasteiger partial charge in [0.1, 0.15) is 0 Å². The lowest BCUT2D eigenvalue weighted by Gasteiger charge is -2.13. The summed E-state index contributed by atoms with van der Waals surface area (Å²) in [5.74, 6) is -2.08. The van der Waals surface area contributed by atoms with Crippen LogP contribution in [0.25, 0.3) is 6.08 Å². The molecule has 1 saturated heterocycles. The number of aromatic nitrogens is 2. The van der Waals surface area contributed by atoms with E-state index in [0.29, 0.717) is 36.8 Å². The zero-order chi connectivity index (χ0) is 32.3. The Hall–Kier alpha value is -4.12. The van der Waals surface area contributed by atoms with Crippen LogP contribution in [0.2, 0.25) is 0 Å². The van der Waals surface area contributed by atoms with E-state index < -0.39 is 11.9 Å². The summed E-state index contributed by atoms with van der Waals surface area (Å²) >= 11 is 0. The number of amides is 2. The third-order valence-electron chi connectivity index (χ3n) is 9.35. The van der Waals surface area contributed by atoms with Crippen molar-refractivity contribution in [1.82, 2.24) is 20.6 Å². The largest absolute Gasteiger partial charge is 0.481 e. The topological polar surface area (TPSA) is 185 Å². The van der Waals surface area contributed by atoms with Crippen molar-refractivity contribution in [1.29, 1.82) is 0 Å². The summed E-state index contributed by atoms with van der Waals surface area (Å²) in [6.45, 7) is 9.45. The van der Waals surface area contributed by atoms with E-state index in [-0.39, 0.29) is 55.6 Å². The molecule has 4 heterocycles.